The molecule has 1 amide bonds. The fraction of sp³-hybridized carbons (Fsp3) is 0.0455. The predicted octanol–water partition coefficient (Wildman–Crippen LogP) is 5.19. The minimum Gasteiger partial charge on any atom is -0.465 e. The summed E-state index contributed by atoms with van der Waals surface area (Å²) in [5.41, 5.74) is 4.24. The van der Waals surface area contributed by atoms with Gasteiger partial charge in [0.15, 0.2) is 0 Å². The standard InChI is InChI=1S/C22H19NO2/c1-17-7-9-18(10-8-17)19-11-13-20(14-12-19)23-22(24)15-16-25-21-5-3-2-4-6-21/h2-16H,1H3,(H,23,24). The van der Waals surface area contributed by atoms with Crippen molar-refractivity contribution in [3.63, 3.8) is 0 Å². The molecule has 3 aromatic rings. The Morgan fingerprint density at radius 3 is 2.08 bits per heavy atom. The van der Waals surface area contributed by atoms with Crippen molar-refractivity contribution in [1.29, 1.82) is 0 Å². The number of rotatable bonds is 5. The van der Waals surface area contributed by atoms with Gasteiger partial charge in [-0.15, -0.1) is 0 Å². The van der Waals surface area contributed by atoms with E-state index in [1.165, 1.54) is 17.9 Å². The van der Waals surface area contributed by atoms with Gasteiger partial charge in [-0.2, -0.15) is 0 Å². The molecule has 3 heteroatoms. The minimum atomic E-state index is -0.237. The molecule has 0 radical (unpaired) electrons. The van der Waals surface area contributed by atoms with Crippen LogP contribution < -0.4 is 10.1 Å². The summed E-state index contributed by atoms with van der Waals surface area (Å²) < 4.78 is 5.36. The number of hydrogen-bond acceptors (Lipinski definition) is 2. The number of nitrogens with one attached hydrogen (secondary N) is 1. The molecule has 0 aliphatic carbocycles. The number of carbonyl (C=O) groups excluding carboxylic acids is 1. The van der Waals surface area contributed by atoms with Crippen LogP contribution in [0.5, 0.6) is 5.75 Å². The molecule has 3 rings (SSSR count). The lowest BCUT2D eigenvalue weighted by Gasteiger charge is -2.06. The van der Waals surface area contributed by atoms with Crippen molar-refractivity contribution in [3.8, 4) is 16.9 Å². The zero-order chi connectivity index (χ0) is 17.5. The molecule has 0 bridgehead atoms. The summed E-state index contributed by atoms with van der Waals surface area (Å²) in [5, 5.41) is 2.81. The molecule has 0 aliphatic heterocycles. The van der Waals surface area contributed by atoms with Crippen molar-refractivity contribution >= 4 is 11.6 Å². The van der Waals surface area contributed by atoms with E-state index in [1.54, 1.807) is 0 Å². The van der Waals surface area contributed by atoms with Crippen LogP contribution in [-0.2, 0) is 4.79 Å². The molecule has 0 saturated carbocycles. The van der Waals surface area contributed by atoms with Gasteiger partial charge in [0.2, 0.25) is 0 Å². The van der Waals surface area contributed by atoms with E-state index in [4.69, 9.17) is 4.74 Å². The average molecular weight is 329 g/mol. The number of ether oxygens (including phenoxy) is 1. The van der Waals surface area contributed by atoms with Crippen LogP contribution in [0.15, 0.2) is 91.2 Å². The normalized spacial score (nSPS) is 10.6. The highest BCUT2D eigenvalue weighted by atomic mass is 16.5. The van der Waals surface area contributed by atoms with Crippen molar-refractivity contribution in [3.05, 3.63) is 96.8 Å². The summed E-state index contributed by atoms with van der Waals surface area (Å²) in [6.07, 6.45) is 2.74. The van der Waals surface area contributed by atoms with Gasteiger partial charge in [0.1, 0.15) is 5.75 Å². The second-order valence-electron chi connectivity index (χ2n) is 5.67. The van der Waals surface area contributed by atoms with Crippen LogP contribution in [0.1, 0.15) is 5.56 Å². The predicted molar refractivity (Wildman–Crippen MR) is 101 cm³/mol. The van der Waals surface area contributed by atoms with Crippen LogP contribution >= 0.6 is 0 Å². The zero-order valence-corrected chi connectivity index (χ0v) is 14.0. The molecular weight excluding hydrogens is 310 g/mol. The Morgan fingerprint density at radius 2 is 1.44 bits per heavy atom. The highest BCUT2D eigenvalue weighted by Crippen LogP contribution is 2.21. The van der Waals surface area contributed by atoms with Gasteiger partial charge in [0, 0.05) is 11.8 Å². The third-order valence-corrected chi connectivity index (χ3v) is 3.70. The summed E-state index contributed by atoms with van der Waals surface area (Å²) in [6, 6.07) is 25.4. The topological polar surface area (TPSA) is 38.3 Å². The van der Waals surface area contributed by atoms with Gasteiger partial charge in [-0.1, -0.05) is 60.2 Å². The molecule has 0 heterocycles. The van der Waals surface area contributed by atoms with Gasteiger partial charge in [-0.25, -0.2) is 0 Å². The first kappa shape index (κ1) is 16.5. The monoisotopic (exact) mass is 329 g/mol. The number of para-hydroxylation sites is 1. The lowest BCUT2D eigenvalue weighted by atomic mass is 10.0. The van der Waals surface area contributed by atoms with Crippen molar-refractivity contribution in [2.45, 2.75) is 6.92 Å². The van der Waals surface area contributed by atoms with Crippen LogP contribution in [0.25, 0.3) is 11.1 Å². The highest BCUT2D eigenvalue weighted by Gasteiger charge is 2.00. The molecule has 0 unspecified atom stereocenters. The first-order valence-corrected chi connectivity index (χ1v) is 8.07. The molecule has 0 fully saturated rings. The first-order chi connectivity index (χ1) is 12.2. The van der Waals surface area contributed by atoms with Crippen molar-refractivity contribution in [2.75, 3.05) is 5.32 Å². The van der Waals surface area contributed by atoms with E-state index < -0.39 is 0 Å². The van der Waals surface area contributed by atoms with Crippen molar-refractivity contribution in [2.24, 2.45) is 0 Å². The van der Waals surface area contributed by atoms with Crippen molar-refractivity contribution in [1.82, 2.24) is 0 Å². The fourth-order valence-corrected chi connectivity index (χ4v) is 2.35. The maximum Gasteiger partial charge on any atom is 0.251 e. The SMILES string of the molecule is Cc1ccc(-c2ccc(NC(=O)C=COc3ccccc3)cc2)cc1. The quantitative estimate of drug-likeness (QED) is 0.516. The number of anilines is 1. The lowest BCUT2D eigenvalue weighted by molar-refractivity contribution is -0.112. The molecule has 0 atom stereocenters. The van der Waals surface area contributed by atoms with Crippen LogP contribution in [0.3, 0.4) is 0 Å². The Hall–Kier alpha value is -3.33. The van der Waals surface area contributed by atoms with Crippen LogP contribution in [0, 0.1) is 6.92 Å². The molecule has 124 valence electrons. The summed E-state index contributed by atoms with van der Waals surface area (Å²) in [6.45, 7) is 2.07. The second-order valence-corrected chi connectivity index (χ2v) is 5.67. The Balaban J connectivity index is 1.57. The van der Waals surface area contributed by atoms with Crippen molar-refractivity contribution < 1.29 is 9.53 Å². The molecular formula is C22H19NO2. The molecule has 0 aliphatic rings. The smallest absolute Gasteiger partial charge is 0.251 e. The zero-order valence-electron chi connectivity index (χ0n) is 14.0. The minimum absolute atomic E-state index is 0.237. The summed E-state index contributed by atoms with van der Waals surface area (Å²) in [4.78, 5) is 11.9. The Kier molecular flexibility index (Phi) is 5.27. The van der Waals surface area contributed by atoms with Crippen LogP contribution in [0.4, 0.5) is 5.69 Å². The highest BCUT2D eigenvalue weighted by molar-refractivity contribution is 5.99. The lowest BCUT2D eigenvalue weighted by Crippen LogP contribution is -2.08. The van der Waals surface area contributed by atoms with Gasteiger partial charge in [-0.3, -0.25) is 4.79 Å². The third-order valence-electron chi connectivity index (χ3n) is 3.70. The van der Waals surface area contributed by atoms with Gasteiger partial charge in [-0.05, 0) is 42.3 Å². The molecule has 0 saturated heterocycles. The summed E-state index contributed by atoms with van der Waals surface area (Å²) >= 11 is 0. The number of amides is 1. The van der Waals surface area contributed by atoms with E-state index in [0.717, 1.165) is 16.8 Å². The van der Waals surface area contributed by atoms with E-state index in [0.29, 0.717) is 5.75 Å². The van der Waals surface area contributed by atoms with Crippen LogP contribution in [-0.4, -0.2) is 5.91 Å². The number of benzene rings is 3. The largest absolute Gasteiger partial charge is 0.465 e. The van der Waals surface area contributed by atoms with Gasteiger partial charge in [0.25, 0.3) is 5.91 Å². The van der Waals surface area contributed by atoms with Crippen LogP contribution in [0.2, 0.25) is 0 Å². The molecule has 0 spiro atoms. The van der Waals surface area contributed by atoms with Gasteiger partial charge >= 0.3 is 0 Å². The molecule has 25 heavy (non-hydrogen) atoms. The second kappa shape index (κ2) is 7.97. The average Bonchev–Trinajstić information content (AvgIpc) is 2.64. The maximum absolute atomic E-state index is 11.9. The van der Waals surface area contributed by atoms with E-state index >= 15 is 0 Å². The maximum atomic E-state index is 11.9. The number of carbonyl (C=O) groups is 1. The van der Waals surface area contributed by atoms with E-state index in [1.807, 2.05) is 54.6 Å². The first-order valence-electron chi connectivity index (χ1n) is 8.07. The van der Waals surface area contributed by atoms with E-state index in [-0.39, 0.29) is 5.91 Å². The van der Waals surface area contributed by atoms with E-state index in [9.17, 15) is 4.79 Å². The summed E-state index contributed by atoms with van der Waals surface area (Å²) in [5.74, 6) is 0.452. The summed E-state index contributed by atoms with van der Waals surface area (Å²) in [7, 11) is 0. The van der Waals surface area contributed by atoms with Gasteiger partial charge in [0.05, 0.1) is 6.26 Å². The van der Waals surface area contributed by atoms with E-state index in [2.05, 4.69) is 36.5 Å². The third kappa shape index (κ3) is 4.82. The Morgan fingerprint density at radius 1 is 0.840 bits per heavy atom. The molecule has 1 N–H and O–H groups in total. The Bertz CT molecular complexity index is 851. The molecule has 0 aromatic heterocycles. The molecule has 3 nitrogen and oxygen atoms in total. The fourth-order valence-electron chi connectivity index (χ4n) is 2.35. The Labute approximate surface area is 147 Å². The number of hydrogen-bond donors (Lipinski definition) is 1. The number of aryl methyl sites for hydroxylation is 1. The molecule has 3 aromatic carbocycles. The van der Waals surface area contributed by atoms with Gasteiger partial charge < -0.3 is 10.1 Å².